The van der Waals surface area contributed by atoms with Crippen LogP contribution in [0.5, 0.6) is 11.5 Å². The topological polar surface area (TPSA) is 97.7 Å². The minimum absolute atomic E-state index is 0.108. The van der Waals surface area contributed by atoms with E-state index in [9.17, 15) is 9.59 Å². The molecule has 0 aliphatic carbocycles. The number of fused-ring (bicyclic) bond motifs is 1. The Labute approximate surface area is 143 Å². The molecule has 7 nitrogen and oxygen atoms in total. The summed E-state index contributed by atoms with van der Waals surface area (Å²) in [5.41, 5.74) is 1.26. The molecule has 0 aromatic heterocycles. The number of benzene rings is 2. The summed E-state index contributed by atoms with van der Waals surface area (Å²) < 4.78 is 15.6. The zero-order valence-corrected chi connectivity index (χ0v) is 13.3. The molecule has 0 saturated heterocycles. The maximum absolute atomic E-state index is 12.2. The summed E-state index contributed by atoms with van der Waals surface area (Å²) in [4.78, 5) is 24.3. The predicted molar refractivity (Wildman–Crippen MR) is 87.2 cm³/mol. The molecule has 0 bridgehead atoms. The summed E-state index contributed by atoms with van der Waals surface area (Å²) in [6.07, 6.45) is -0.992. The van der Waals surface area contributed by atoms with E-state index in [1.165, 1.54) is 13.0 Å². The minimum atomic E-state index is -0.992. The Kier molecular flexibility index (Phi) is 4.53. The third-order valence-corrected chi connectivity index (χ3v) is 3.54. The van der Waals surface area contributed by atoms with Crippen molar-refractivity contribution >= 4 is 17.6 Å². The third kappa shape index (κ3) is 3.70. The van der Waals surface area contributed by atoms with Gasteiger partial charge < -0.3 is 19.5 Å². The van der Waals surface area contributed by atoms with E-state index < -0.39 is 18.0 Å². The normalized spacial score (nSPS) is 12.8. The Morgan fingerprint density at radius 3 is 2.60 bits per heavy atom. The highest BCUT2D eigenvalue weighted by atomic mass is 16.7. The van der Waals surface area contributed by atoms with Gasteiger partial charge in [0.15, 0.2) is 17.6 Å². The molecular formula is C18H14N2O5. The molecule has 1 heterocycles. The van der Waals surface area contributed by atoms with Crippen LogP contribution in [-0.4, -0.2) is 24.8 Å². The fourth-order valence-corrected chi connectivity index (χ4v) is 2.18. The maximum Gasteiger partial charge on any atom is 0.339 e. The second kappa shape index (κ2) is 6.93. The zero-order valence-electron chi connectivity index (χ0n) is 13.3. The van der Waals surface area contributed by atoms with Crippen molar-refractivity contribution in [2.45, 2.75) is 13.0 Å². The molecule has 0 fully saturated rings. The highest BCUT2D eigenvalue weighted by Gasteiger charge is 2.21. The van der Waals surface area contributed by atoms with Gasteiger partial charge in [-0.25, -0.2) is 4.79 Å². The number of rotatable bonds is 4. The van der Waals surface area contributed by atoms with Crippen molar-refractivity contribution < 1.29 is 23.8 Å². The van der Waals surface area contributed by atoms with Crippen LogP contribution in [0.3, 0.4) is 0 Å². The molecule has 2 aromatic carbocycles. The lowest BCUT2D eigenvalue weighted by molar-refractivity contribution is -0.123. The van der Waals surface area contributed by atoms with Gasteiger partial charge in [0.1, 0.15) is 0 Å². The Bertz CT molecular complexity index is 855. The van der Waals surface area contributed by atoms with Crippen LogP contribution in [0.2, 0.25) is 0 Å². The summed E-state index contributed by atoms with van der Waals surface area (Å²) in [6, 6.07) is 13.0. The van der Waals surface area contributed by atoms with Crippen molar-refractivity contribution in [1.82, 2.24) is 0 Å². The Morgan fingerprint density at radius 1 is 1.16 bits per heavy atom. The number of esters is 1. The van der Waals surface area contributed by atoms with Crippen LogP contribution in [-0.2, 0) is 9.53 Å². The first kappa shape index (κ1) is 16.3. The molecule has 1 aliphatic rings. The van der Waals surface area contributed by atoms with E-state index in [0.717, 1.165) is 0 Å². The van der Waals surface area contributed by atoms with Crippen LogP contribution in [0.15, 0.2) is 42.5 Å². The molecule has 1 amide bonds. The first-order valence-electron chi connectivity index (χ1n) is 7.48. The van der Waals surface area contributed by atoms with Crippen molar-refractivity contribution in [2.24, 2.45) is 0 Å². The number of nitriles is 1. The van der Waals surface area contributed by atoms with Crippen molar-refractivity contribution in [2.75, 3.05) is 12.1 Å². The lowest BCUT2D eigenvalue weighted by Crippen LogP contribution is -2.30. The van der Waals surface area contributed by atoms with E-state index in [2.05, 4.69) is 5.32 Å². The van der Waals surface area contributed by atoms with E-state index in [-0.39, 0.29) is 12.4 Å². The Morgan fingerprint density at radius 2 is 1.88 bits per heavy atom. The fraction of sp³-hybridized carbons (Fsp3) is 0.167. The molecule has 126 valence electrons. The second-order valence-corrected chi connectivity index (χ2v) is 5.29. The molecule has 1 atom stereocenters. The first-order valence-corrected chi connectivity index (χ1v) is 7.48. The highest BCUT2D eigenvalue weighted by Crippen LogP contribution is 2.32. The summed E-state index contributed by atoms with van der Waals surface area (Å²) in [6.45, 7) is 1.58. The van der Waals surface area contributed by atoms with E-state index in [1.54, 1.807) is 36.4 Å². The van der Waals surface area contributed by atoms with Crippen molar-refractivity contribution in [1.29, 1.82) is 5.26 Å². The highest BCUT2D eigenvalue weighted by molar-refractivity contribution is 5.97. The number of carbonyl (C=O) groups is 2. The fourth-order valence-electron chi connectivity index (χ4n) is 2.18. The molecule has 1 aliphatic heterocycles. The zero-order chi connectivity index (χ0) is 17.8. The monoisotopic (exact) mass is 338 g/mol. The van der Waals surface area contributed by atoms with Crippen LogP contribution in [0.25, 0.3) is 0 Å². The number of amides is 1. The van der Waals surface area contributed by atoms with Crippen molar-refractivity contribution in [3.05, 3.63) is 53.6 Å². The average Bonchev–Trinajstić information content (AvgIpc) is 3.09. The standard InChI is InChI=1S/C18H14N2O5/c1-11(17(21)20-14-5-2-12(9-19)3-6-14)25-18(22)13-4-7-15-16(8-13)24-10-23-15/h2-8,11H,10H2,1H3,(H,20,21)/t11-/m0/s1. The average molecular weight is 338 g/mol. The predicted octanol–water partition coefficient (Wildman–Crippen LogP) is 2.47. The largest absolute Gasteiger partial charge is 0.454 e. The van der Waals surface area contributed by atoms with Gasteiger partial charge >= 0.3 is 5.97 Å². The number of carbonyl (C=O) groups excluding carboxylic acids is 2. The number of hydrogen-bond donors (Lipinski definition) is 1. The van der Waals surface area contributed by atoms with Crippen molar-refractivity contribution in [3.63, 3.8) is 0 Å². The van der Waals surface area contributed by atoms with Crippen LogP contribution in [0.1, 0.15) is 22.8 Å². The Hall–Kier alpha value is -3.53. The SMILES string of the molecule is C[C@H](OC(=O)c1ccc2c(c1)OCO2)C(=O)Nc1ccc(C#N)cc1. The summed E-state index contributed by atoms with van der Waals surface area (Å²) in [5.74, 6) is -0.0909. The number of nitrogens with one attached hydrogen (secondary N) is 1. The molecule has 7 heteroatoms. The van der Waals surface area contributed by atoms with Crippen LogP contribution >= 0.6 is 0 Å². The van der Waals surface area contributed by atoms with Gasteiger partial charge in [0.25, 0.3) is 5.91 Å². The summed E-state index contributed by atoms with van der Waals surface area (Å²) >= 11 is 0. The van der Waals surface area contributed by atoms with Gasteiger partial charge in [0, 0.05) is 5.69 Å². The molecular weight excluding hydrogens is 324 g/mol. The van der Waals surface area contributed by atoms with Gasteiger partial charge in [0.2, 0.25) is 6.79 Å². The number of nitrogens with zero attached hydrogens (tertiary/aromatic N) is 1. The number of hydrogen-bond acceptors (Lipinski definition) is 6. The van der Waals surface area contributed by atoms with E-state index in [0.29, 0.717) is 22.7 Å². The first-order chi connectivity index (χ1) is 12.1. The van der Waals surface area contributed by atoms with Gasteiger partial charge in [0.05, 0.1) is 17.2 Å². The molecule has 0 unspecified atom stereocenters. The summed E-state index contributed by atoms with van der Waals surface area (Å²) in [7, 11) is 0. The van der Waals surface area contributed by atoms with Crippen LogP contribution in [0.4, 0.5) is 5.69 Å². The lowest BCUT2D eigenvalue weighted by Gasteiger charge is -2.13. The van der Waals surface area contributed by atoms with Crippen LogP contribution < -0.4 is 14.8 Å². The van der Waals surface area contributed by atoms with Crippen LogP contribution in [0, 0.1) is 11.3 Å². The van der Waals surface area contributed by atoms with E-state index >= 15 is 0 Å². The maximum atomic E-state index is 12.2. The van der Waals surface area contributed by atoms with Gasteiger partial charge in [-0.1, -0.05) is 0 Å². The third-order valence-electron chi connectivity index (χ3n) is 3.54. The van der Waals surface area contributed by atoms with E-state index in [4.69, 9.17) is 19.5 Å². The summed E-state index contributed by atoms with van der Waals surface area (Å²) in [5, 5.41) is 11.4. The second-order valence-electron chi connectivity index (χ2n) is 5.29. The molecule has 0 saturated carbocycles. The van der Waals surface area contributed by atoms with Gasteiger partial charge in [-0.15, -0.1) is 0 Å². The van der Waals surface area contributed by atoms with Crippen molar-refractivity contribution in [3.8, 4) is 17.6 Å². The number of ether oxygens (including phenoxy) is 3. The Balaban J connectivity index is 1.60. The quantitative estimate of drug-likeness (QED) is 0.860. The number of anilines is 1. The lowest BCUT2D eigenvalue weighted by atomic mass is 10.2. The molecule has 2 aromatic rings. The van der Waals surface area contributed by atoms with Gasteiger partial charge in [-0.2, -0.15) is 5.26 Å². The van der Waals surface area contributed by atoms with Gasteiger partial charge in [-0.05, 0) is 49.4 Å². The molecule has 3 rings (SSSR count). The molecule has 0 spiro atoms. The molecule has 25 heavy (non-hydrogen) atoms. The molecule has 0 radical (unpaired) electrons. The molecule has 1 N–H and O–H groups in total. The minimum Gasteiger partial charge on any atom is -0.454 e. The van der Waals surface area contributed by atoms with Gasteiger partial charge in [-0.3, -0.25) is 4.79 Å². The smallest absolute Gasteiger partial charge is 0.339 e. The van der Waals surface area contributed by atoms with E-state index in [1.807, 2.05) is 6.07 Å².